The highest BCUT2D eigenvalue weighted by molar-refractivity contribution is 6.30. The van der Waals surface area contributed by atoms with Gasteiger partial charge in [-0.25, -0.2) is 9.37 Å². The van der Waals surface area contributed by atoms with E-state index in [-0.39, 0.29) is 23.4 Å². The van der Waals surface area contributed by atoms with Crippen LogP contribution in [0.2, 0.25) is 5.02 Å². The van der Waals surface area contributed by atoms with Gasteiger partial charge in [0.05, 0.1) is 17.7 Å². The van der Waals surface area contributed by atoms with E-state index in [1.165, 1.54) is 11.1 Å². The second-order valence-corrected chi connectivity index (χ2v) is 4.40. The summed E-state index contributed by atoms with van der Waals surface area (Å²) in [6.45, 7) is 0.411. The highest BCUT2D eigenvalue weighted by Gasteiger charge is 2.30. The summed E-state index contributed by atoms with van der Waals surface area (Å²) in [6.07, 6.45) is 2.78. The summed E-state index contributed by atoms with van der Waals surface area (Å²) >= 11 is 5.57. The summed E-state index contributed by atoms with van der Waals surface area (Å²) in [6, 6.07) is 0.825. The number of nitrogens with zero attached hydrogens (tertiary/aromatic N) is 2. The molecular weight excluding hydrogens is 247 g/mol. The van der Waals surface area contributed by atoms with Gasteiger partial charge in [-0.2, -0.15) is 0 Å². The number of hydrogen-bond acceptors (Lipinski definition) is 3. The van der Waals surface area contributed by atoms with Crippen molar-refractivity contribution in [2.75, 3.05) is 13.2 Å². The lowest BCUT2D eigenvalue weighted by Crippen LogP contribution is -2.38. The standard InChI is InChI=1S/C11H12ClFN2O2/c12-7-4-9(13)10(14-5-7)11(17)15-3-1-2-8(15)6-16/h4-5,8,16H,1-3,6H2/t8-/m1/s1. The minimum Gasteiger partial charge on any atom is -0.394 e. The Morgan fingerprint density at radius 3 is 3.12 bits per heavy atom. The van der Waals surface area contributed by atoms with Gasteiger partial charge in [0.25, 0.3) is 5.91 Å². The van der Waals surface area contributed by atoms with Crippen LogP contribution in [-0.4, -0.2) is 40.1 Å². The Labute approximate surface area is 103 Å². The van der Waals surface area contributed by atoms with E-state index in [1.807, 2.05) is 0 Å². The third-order valence-corrected chi connectivity index (χ3v) is 3.07. The average Bonchev–Trinajstić information content (AvgIpc) is 2.76. The van der Waals surface area contributed by atoms with Gasteiger partial charge in [-0.3, -0.25) is 4.79 Å². The van der Waals surface area contributed by atoms with E-state index in [9.17, 15) is 9.18 Å². The second-order valence-electron chi connectivity index (χ2n) is 3.96. The highest BCUT2D eigenvalue weighted by Crippen LogP contribution is 2.21. The van der Waals surface area contributed by atoms with Crippen molar-refractivity contribution >= 4 is 17.5 Å². The molecule has 0 aromatic carbocycles. The van der Waals surface area contributed by atoms with Crippen LogP contribution >= 0.6 is 11.6 Å². The Morgan fingerprint density at radius 2 is 2.47 bits per heavy atom. The number of aromatic nitrogens is 1. The summed E-state index contributed by atoms with van der Waals surface area (Å²) in [4.78, 5) is 17.2. The Bertz CT molecular complexity index is 441. The number of likely N-dealkylation sites (tertiary alicyclic amines) is 1. The first-order valence-corrected chi connectivity index (χ1v) is 5.74. The van der Waals surface area contributed by atoms with Crippen LogP contribution in [0, 0.1) is 5.82 Å². The summed E-state index contributed by atoms with van der Waals surface area (Å²) in [5.41, 5.74) is -0.241. The lowest BCUT2D eigenvalue weighted by Gasteiger charge is -2.22. The van der Waals surface area contributed by atoms with Crippen molar-refractivity contribution in [3.8, 4) is 0 Å². The van der Waals surface area contributed by atoms with E-state index >= 15 is 0 Å². The van der Waals surface area contributed by atoms with Crippen LogP contribution in [-0.2, 0) is 0 Å². The van der Waals surface area contributed by atoms with Crippen LogP contribution in [0.5, 0.6) is 0 Å². The van der Waals surface area contributed by atoms with Crippen molar-refractivity contribution in [1.82, 2.24) is 9.88 Å². The average molecular weight is 259 g/mol. The normalized spacial score (nSPS) is 19.7. The molecule has 1 aliphatic heterocycles. The van der Waals surface area contributed by atoms with Crippen molar-refractivity contribution in [1.29, 1.82) is 0 Å². The maximum atomic E-state index is 13.5. The monoisotopic (exact) mass is 258 g/mol. The molecule has 1 atom stereocenters. The number of hydrogen-bond donors (Lipinski definition) is 1. The molecule has 0 unspecified atom stereocenters. The van der Waals surface area contributed by atoms with Gasteiger partial charge in [0.15, 0.2) is 11.5 Å². The first kappa shape index (κ1) is 12.3. The number of halogens is 2. The molecule has 1 aromatic heterocycles. The molecule has 17 heavy (non-hydrogen) atoms. The van der Waals surface area contributed by atoms with E-state index in [0.29, 0.717) is 6.54 Å². The molecule has 4 nitrogen and oxygen atoms in total. The van der Waals surface area contributed by atoms with Crippen molar-refractivity contribution in [2.45, 2.75) is 18.9 Å². The molecule has 0 bridgehead atoms. The van der Waals surface area contributed by atoms with Crippen LogP contribution in [0.15, 0.2) is 12.3 Å². The van der Waals surface area contributed by atoms with Gasteiger partial charge < -0.3 is 10.0 Å². The molecule has 1 aliphatic rings. The highest BCUT2D eigenvalue weighted by atomic mass is 35.5. The maximum absolute atomic E-state index is 13.5. The number of carbonyl (C=O) groups excluding carboxylic acids is 1. The van der Waals surface area contributed by atoms with Crippen molar-refractivity contribution in [3.05, 3.63) is 28.8 Å². The van der Waals surface area contributed by atoms with Gasteiger partial charge in [0.1, 0.15) is 0 Å². The largest absolute Gasteiger partial charge is 0.394 e. The molecule has 1 N–H and O–H groups in total. The van der Waals surface area contributed by atoms with E-state index in [4.69, 9.17) is 16.7 Å². The number of amides is 1. The Balaban J connectivity index is 2.24. The number of rotatable bonds is 2. The van der Waals surface area contributed by atoms with Crippen LogP contribution in [0.1, 0.15) is 23.3 Å². The predicted molar refractivity (Wildman–Crippen MR) is 60.3 cm³/mol. The van der Waals surface area contributed by atoms with E-state index in [0.717, 1.165) is 18.9 Å². The summed E-state index contributed by atoms with van der Waals surface area (Å²) < 4.78 is 13.5. The number of aliphatic hydroxyl groups excluding tert-OH is 1. The number of aliphatic hydroxyl groups is 1. The SMILES string of the molecule is O=C(c1ncc(Cl)cc1F)N1CCC[C@@H]1CO. The fraction of sp³-hybridized carbons (Fsp3) is 0.455. The lowest BCUT2D eigenvalue weighted by molar-refractivity contribution is 0.0666. The van der Waals surface area contributed by atoms with Gasteiger partial charge in [0, 0.05) is 12.7 Å². The van der Waals surface area contributed by atoms with Crippen molar-refractivity contribution in [3.63, 3.8) is 0 Å². The topological polar surface area (TPSA) is 53.4 Å². The molecule has 1 fully saturated rings. The van der Waals surface area contributed by atoms with Gasteiger partial charge in [-0.05, 0) is 18.9 Å². The summed E-state index contributed by atoms with van der Waals surface area (Å²) in [5.74, 6) is -1.22. The Morgan fingerprint density at radius 1 is 1.71 bits per heavy atom. The molecule has 0 aliphatic carbocycles. The molecular formula is C11H12ClFN2O2. The zero-order valence-electron chi connectivity index (χ0n) is 9.07. The zero-order chi connectivity index (χ0) is 12.4. The van der Waals surface area contributed by atoms with Crippen LogP contribution in [0.25, 0.3) is 0 Å². The molecule has 2 rings (SSSR count). The molecule has 0 radical (unpaired) electrons. The minimum absolute atomic E-state index is 0.110. The first-order valence-electron chi connectivity index (χ1n) is 5.36. The fourth-order valence-corrected chi connectivity index (χ4v) is 2.15. The molecule has 6 heteroatoms. The fourth-order valence-electron chi connectivity index (χ4n) is 2.00. The predicted octanol–water partition coefficient (Wildman–Crippen LogP) is 1.47. The molecule has 92 valence electrons. The lowest BCUT2D eigenvalue weighted by atomic mass is 10.2. The number of pyridine rings is 1. The van der Waals surface area contributed by atoms with E-state index in [2.05, 4.69) is 4.98 Å². The molecule has 1 amide bonds. The Hall–Kier alpha value is -1.20. The summed E-state index contributed by atoms with van der Waals surface area (Å²) in [5, 5.41) is 9.27. The van der Waals surface area contributed by atoms with Crippen LogP contribution in [0.4, 0.5) is 4.39 Å². The second kappa shape index (κ2) is 4.98. The van der Waals surface area contributed by atoms with Crippen molar-refractivity contribution in [2.24, 2.45) is 0 Å². The summed E-state index contributed by atoms with van der Waals surface area (Å²) in [7, 11) is 0. The van der Waals surface area contributed by atoms with Gasteiger partial charge in [0.2, 0.25) is 0 Å². The minimum atomic E-state index is -0.730. The van der Waals surface area contributed by atoms with Gasteiger partial charge in [-0.1, -0.05) is 11.6 Å². The van der Waals surface area contributed by atoms with Gasteiger partial charge in [-0.15, -0.1) is 0 Å². The van der Waals surface area contributed by atoms with Crippen LogP contribution in [0.3, 0.4) is 0 Å². The third-order valence-electron chi connectivity index (χ3n) is 2.86. The third kappa shape index (κ3) is 2.40. The molecule has 0 saturated carbocycles. The van der Waals surface area contributed by atoms with E-state index < -0.39 is 11.7 Å². The van der Waals surface area contributed by atoms with Crippen molar-refractivity contribution < 1.29 is 14.3 Å². The zero-order valence-corrected chi connectivity index (χ0v) is 9.82. The molecule has 1 saturated heterocycles. The first-order chi connectivity index (χ1) is 8.13. The number of carbonyl (C=O) groups is 1. The van der Waals surface area contributed by atoms with Gasteiger partial charge >= 0.3 is 0 Å². The molecule has 2 heterocycles. The Kier molecular flexibility index (Phi) is 3.59. The maximum Gasteiger partial charge on any atom is 0.275 e. The molecule has 1 aromatic rings. The molecule has 0 spiro atoms. The smallest absolute Gasteiger partial charge is 0.275 e. The quantitative estimate of drug-likeness (QED) is 0.874. The van der Waals surface area contributed by atoms with E-state index in [1.54, 1.807) is 0 Å². The van der Waals surface area contributed by atoms with Crippen LogP contribution < -0.4 is 0 Å².